The van der Waals surface area contributed by atoms with Crippen LogP contribution in [0.15, 0.2) is 48.5 Å². The smallest absolute Gasteiger partial charge is 0.337 e. The number of carbonyl (C=O) groups excluding carboxylic acids is 2. The van der Waals surface area contributed by atoms with Crippen molar-refractivity contribution in [2.24, 2.45) is 0 Å². The molecule has 0 heterocycles. The highest BCUT2D eigenvalue weighted by Gasteiger charge is 2.05. The van der Waals surface area contributed by atoms with Gasteiger partial charge in [-0.15, -0.1) is 0 Å². The van der Waals surface area contributed by atoms with E-state index in [4.69, 9.17) is 0 Å². The quantitative estimate of drug-likeness (QED) is 0.846. The van der Waals surface area contributed by atoms with E-state index in [2.05, 4.69) is 15.4 Å². The summed E-state index contributed by atoms with van der Waals surface area (Å²) in [5, 5.41) is 5.88. The maximum atomic E-state index is 11.5. The van der Waals surface area contributed by atoms with Crippen LogP contribution in [-0.2, 0) is 9.53 Å². The SMILES string of the molecule is COC(=O)c1cccc(Nc2ccc(NC(C)=O)cc2)c1. The molecule has 0 aliphatic rings. The highest BCUT2D eigenvalue weighted by Crippen LogP contribution is 2.20. The fraction of sp³-hybridized carbons (Fsp3) is 0.125. The first-order valence-corrected chi connectivity index (χ1v) is 6.41. The first kappa shape index (κ1) is 14.6. The maximum absolute atomic E-state index is 11.5. The molecule has 0 atom stereocenters. The van der Waals surface area contributed by atoms with Gasteiger partial charge in [-0.3, -0.25) is 4.79 Å². The van der Waals surface area contributed by atoms with Crippen LogP contribution in [0.4, 0.5) is 17.1 Å². The summed E-state index contributed by atoms with van der Waals surface area (Å²) >= 11 is 0. The lowest BCUT2D eigenvalue weighted by atomic mass is 10.2. The van der Waals surface area contributed by atoms with E-state index in [1.807, 2.05) is 18.2 Å². The normalized spacial score (nSPS) is 9.81. The van der Waals surface area contributed by atoms with Crippen molar-refractivity contribution in [2.75, 3.05) is 17.7 Å². The summed E-state index contributed by atoms with van der Waals surface area (Å²) in [7, 11) is 1.35. The minimum Gasteiger partial charge on any atom is -0.465 e. The van der Waals surface area contributed by atoms with E-state index in [1.165, 1.54) is 14.0 Å². The van der Waals surface area contributed by atoms with E-state index in [0.717, 1.165) is 17.1 Å². The minimum atomic E-state index is -0.375. The molecule has 0 saturated carbocycles. The van der Waals surface area contributed by atoms with Gasteiger partial charge in [0.2, 0.25) is 5.91 Å². The van der Waals surface area contributed by atoms with E-state index in [9.17, 15) is 9.59 Å². The van der Waals surface area contributed by atoms with Crippen LogP contribution in [0, 0.1) is 0 Å². The van der Waals surface area contributed by atoms with Crippen LogP contribution in [0.25, 0.3) is 0 Å². The van der Waals surface area contributed by atoms with Gasteiger partial charge in [-0.25, -0.2) is 4.79 Å². The van der Waals surface area contributed by atoms with Crippen molar-refractivity contribution in [1.29, 1.82) is 0 Å². The van der Waals surface area contributed by atoms with Crippen LogP contribution in [0.3, 0.4) is 0 Å². The second-order valence-electron chi connectivity index (χ2n) is 4.46. The lowest BCUT2D eigenvalue weighted by Gasteiger charge is -2.09. The molecule has 0 aliphatic carbocycles. The molecule has 0 bridgehead atoms. The predicted octanol–water partition coefficient (Wildman–Crippen LogP) is 3.18. The molecule has 0 spiro atoms. The number of ether oxygens (including phenoxy) is 1. The van der Waals surface area contributed by atoms with E-state index < -0.39 is 0 Å². The van der Waals surface area contributed by atoms with E-state index in [0.29, 0.717) is 5.56 Å². The molecule has 1 amide bonds. The van der Waals surface area contributed by atoms with Crippen LogP contribution in [0.5, 0.6) is 0 Å². The molecule has 2 aromatic rings. The summed E-state index contributed by atoms with van der Waals surface area (Å²) in [6.07, 6.45) is 0. The third-order valence-electron chi connectivity index (χ3n) is 2.78. The van der Waals surface area contributed by atoms with Crippen LogP contribution in [-0.4, -0.2) is 19.0 Å². The first-order chi connectivity index (χ1) is 10.1. The van der Waals surface area contributed by atoms with Crippen LogP contribution < -0.4 is 10.6 Å². The number of nitrogens with one attached hydrogen (secondary N) is 2. The van der Waals surface area contributed by atoms with Crippen LogP contribution in [0.1, 0.15) is 17.3 Å². The van der Waals surface area contributed by atoms with Crippen molar-refractivity contribution in [3.05, 3.63) is 54.1 Å². The number of hydrogen-bond acceptors (Lipinski definition) is 4. The molecule has 5 nitrogen and oxygen atoms in total. The molecule has 0 fully saturated rings. The zero-order valence-corrected chi connectivity index (χ0v) is 11.8. The Labute approximate surface area is 122 Å². The van der Waals surface area contributed by atoms with Gasteiger partial charge >= 0.3 is 5.97 Å². The van der Waals surface area contributed by atoms with Gasteiger partial charge in [0, 0.05) is 24.0 Å². The molecule has 21 heavy (non-hydrogen) atoms. The second kappa shape index (κ2) is 6.56. The number of carbonyl (C=O) groups is 2. The molecule has 0 saturated heterocycles. The molecule has 2 rings (SSSR count). The number of anilines is 3. The molecule has 5 heteroatoms. The summed E-state index contributed by atoms with van der Waals surface area (Å²) < 4.78 is 4.69. The topological polar surface area (TPSA) is 67.4 Å². The molecular formula is C16H16N2O3. The average molecular weight is 284 g/mol. The third kappa shape index (κ3) is 4.07. The Balaban J connectivity index is 2.11. The van der Waals surface area contributed by atoms with Gasteiger partial charge in [-0.05, 0) is 42.5 Å². The summed E-state index contributed by atoms with van der Waals surface area (Å²) in [6.45, 7) is 1.46. The van der Waals surface area contributed by atoms with Gasteiger partial charge in [0.1, 0.15) is 0 Å². The maximum Gasteiger partial charge on any atom is 0.337 e. The Kier molecular flexibility index (Phi) is 4.56. The Hall–Kier alpha value is -2.82. The van der Waals surface area contributed by atoms with E-state index in [-0.39, 0.29) is 11.9 Å². The van der Waals surface area contributed by atoms with Crippen molar-refractivity contribution in [3.63, 3.8) is 0 Å². The molecule has 0 radical (unpaired) electrons. The Morgan fingerprint density at radius 3 is 2.24 bits per heavy atom. The number of rotatable bonds is 4. The minimum absolute atomic E-state index is 0.110. The van der Waals surface area contributed by atoms with E-state index >= 15 is 0 Å². The monoisotopic (exact) mass is 284 g/mol. The lowest BCUT2D eigenvalue weighted by molar-refractivity contribution is -0.114. The van der Waals surface area contributed by atoms with Gasteiger partial charge in [-0.1, -0.05) is 6.07 Å². The van der Waals surface area contributed by atoms with Crippen LogP contribution in [0.2, 0.25) is 0 Å². The number of benzene rings is 2. The summed E-state index contributed by atoms with van der Waals surface area (Å²) in [4.78, 5) is 22.4. The van der Waals surface area contributed by atoms with Gasteiger partial charge in [-0.2, -0.15) is 0 Å². The summed E-state index contributed by atoms with van der Waals surface area (Å²) in [5.74, 6) is -0.485. The Morgan fingerprint density at radius 2 is 1.62 bits per heavy atom. The lowest BCUT2D eigenvalue weighted by Crippen LogP contribution is -2.05. The fourth-order valence-electron chi connectivity index (χ4n) is 1.85. The number of amides is 1. The second-order valence-corrected chi connectivity index (χ2v) is 4.46. The van der Waals surface area contributed by atoms with Crippen LogP contribution >= 0.6 is 0 Å². The highest BCUT2D eigenvalue weighted by molar-refractivity contribution is 5.91. The number of hydrogen-bond donors (Lipinski definition) is 2. The largest absolute Gasteiger partial charge is 0.465 e. The zero-order valence-electron chi connectivity index (χ0n) is 11.8. The summed E-state index contributed by atoms with van der Waals surface area (Å²) in [5.41, 5.74) is 2.85. The fourth-order valence-corrected chi connectivity index (χ4v) is 1.85. The van der Waals surface area contributed by atoms with Crippen molar-refractivity contribution >= 4 is 28.9 Å². The molecule has 0 aromatic heterocycles. The van der Waals surface area contributed by atoms with Crippen molar-refractivity contribution in [2.45, 2.75) is 6.92 Å². The highest BCUT2D eigenvalue weighted by atomic mass is 16.5. The number of esters is 1. The Morgan fingerprint density at radius 1 is 0.952 bits per heavy atom. The predicted molar refractivity (Wildman–Crippen MR) is 81.8 cm³/mol. The van der Waals surface area contributed by atoms with Gasteiger partial charge < -0.3 is 15.4 Å². The molecule has 0 unspecified atom stereocenters. The molecule has 2 aromatic carbocycles. The zero-order chi connectivity index (χ0) is 15.2. The Bertz CT molecular complexity index is 651. The van der Waals surface area contributed by atoms with Crippen molar-refractivity contribution in [1.82, 2.24) is 0 Å². The average Bonchev–Trinajstić information content (AvgIpc) is 2.48. The molecule has 108 valence electrons. The van der Waals surface area contributed by atoms with Crippen molar-refractivity contribution in [3.8, 4) is 0 Å². The first-order valence-electron chi connectivity index (χ1n) is 6.41. The molecule has 0 aliphatic heterocycles. The standard InChI is InChI=1S/C16H16N2O3/c1-11(19)17-13-6-8-14(9-7-13)18-15-5-3-4-12(10-15)16(20)21-2/h3-10,18H,1-2H3,(H,17,19). The molecule has 2 N–H and O–H groups in total. The van der Waals surface area contributed by atoms with Gasteiger partial charge in [0.15, 0.2) is 0 Å². The van der Waals surface area contributed by atoms with Gasteiger partial charge in [0.05, 0.1) is 12.7 Å². The summed E-state index contributed by atoms with van der Waals surface area (Å²) in [6, 6.07) is 14.3. The third-order valence-corrected chi connectivity index (χ3v) is 2.78. The van der Waals surface area contributed by atoms with E-state index in [1.54, 1.807) is 30.3 Å². The van der Waals surface area contributed by atoms with Gasteiger partial charge in [0.25, 0.3) is 0 Å². The molecular weight excluding hydrogens is 268 g/mol. The van der Waals surface area contributed by atoms with Crippen molar-refractivity contribution < 1.29 is 14.3 Å². The number of methoxy groups -OCH3 is 1.